The van der Waals surface area contributed by atoms with E-state index in [1.54, 1.807) is 17.0 Å². The van der Waals surface area contributed by atoms with Crippen molar-refractivity contribution in [1.29, 1.82) is 0 Å². The van der Waals surface area contributed by atoms with Gasteiger partial charge in [-0.3, -0.25) is 14.5 Å². The topological polar surface area (TPSA) is 55.9 Å². The number of halogens is 1. The van der Waals surface area contributed by atoms with Crippen LogP contribution < -0.4 is 10.2 Å². The van der Waals surface area contributed by atoms with Crippen molar-refractivity contribution in [2.24, 2.45) is 0 Å². The lowest BCUT2D eigenvalue weighted by atomic mass is 10.2. The van der Waals surface area contributed by atoms with Crippen molar-refractivity contribution in [1.82, 2.24) is 15.1 Å². The van der Waals surface area contributed by atoms with Gasteiger partial charge in [0.1, 0.15) is 5.82 Å². The Labute approximate surface area is 177 Å². The van der Waals surface area contributed by atoms with Crippen molar-refractivity contribution in [3.05, 3.63) is 66.0 Å². The molecule has 3 rings (SSSR count). The zero-order valence-corrected chi connectivity index (χ0v) is 17.4. The number of nitrogens with zero attached hydrogens (tertiary/aromatic N) is 3. The van der Waals surface area contributed by atoms with E-state index in [4.69, 9.17) is 0 Å². The standard InChI is InChI=1S/C23H29FN4O2/c1-2-27(17-22(29)25-16-19-8-10-20(24)11-9-19)23(30)18-26-12-14-28(15-13-26)21-6-4-3-5-7-21/h3-11H,2,12-18H2,1H3,(H,25,29). The maximum absolute atomic E-state index is 13.0. The third-order valence-corrected chi connectivity index (χ3v) is 5.32. The minimum absolute atomic E-state index is 0.0283. The fourth-order valence-electron chi connectivity index (χ4n) is 3.50. The van der Waals surface area contributed by atoms with Gasteiger partial charge < -0.3 is 15.1 Å². The van der Waals surface area contributed by atoms with Gasteiger partial charge in [-0.25, -0.2) is 4.39 Å². The lowest BCUT2D eigenvalue weighted by Gasteiger charge is -2.36. The van der Waals surface area contributed by atoms with Gasteiger partial charge in [-0.05, 0) is 36.8 Å². The van der Waals surface area contributed by atoms with Crippen molar-refractivity contribution in [2.75, 3.05) is 50.7 Å². The molecule has 7 heteroatoms. The molecule has 1 saturated heterocycles. The van der Waals surface area contributed by atoms with Crippen LogP contribution in [0.4, 0.5) is 10.1 Å². The molecule has 0 aliphatic carbocycles. The zero-order valence-electron chi connectivity index (χ0n) is 17.4. The average molecular weight is 413 g/mol. The van der Waals surface area contributed by atoms with Crippen LogP contribution in [-0.2, 0) is 16.1 Å². The highest BCUT2D eigenvalue weighted by Gasteiger charge is 2.22. The van der Waals surface area contributed by atoms with E-state index >= 15 is 0 Å². The molecule has 2 aromatic carbocycles. The number of nitrogens with one attached hydrogen (secondary N) is 1. The van der Waals surface area contributed by atoms with E-state index in [2.05, 4.69) is 27.2 Å². The van der Waals surface area contributed by atoms with Crippen LogP contribution in [0.15, 0.2) is 54.6 Å². The summed E-state index contributed by atoms with van der Waals surface area (Å²) in [5.41, 5.74) is 2.02. The smallest absolute Gasteiger partial charge is 0.239 e. The summed E-state index contributed by atoms with van der Waals surface area (Å²) in [7, 11) is 0. The zero-order chi connectivity index (χ0) is 21.3. The number of hydrogen-bond acceptors (Lipinski definition) is 4. The van der Waals surface area contributed by atoms with Gasteiger partial charge in [-0.1, -0.05) is 30.3 Å². The Morgan fingerprint density at radius 2 is 1.67 bits per heavy atom. The van der Waals surface area contributed by atoms with Crippen molar-refractivity contribution in [2.45, 2.75) is 13.5 Å². The Morgan fingerprint density at radius 1 is 1.00 bits per heavy atom. The van der Waals surface area contributed by atoms with E-state index in [0.717, 1.165) is 31.7 Å². The fourth-order valence-corrected chi connectivity index (χ4v) is 3.50. The monoisotopic (exact) mass is 412 g/mol. The van der Waals surface area contributed by atoms with Gasteiger partial charge in [0.05, 0.1) is 13.1 Å². The number of likely N-dealkylation sites (N-methyl/N-ethyl adjacent to an activating group) is 1. The summed E-state index contributed by atoms with van der Waals surface area (Å²) in [5.74, 6) is -0.566. The normalized spacial score (nSPS) is 14.4. The minimum Gasteiger partial charge on any atom is -0.369 e. The molecule has 160 valence electrons. The molecule has 0 aromatic heterocycles. The van der Waals surface area contributed by atoms with Crippen molar-refractivity contribution in [3.8, 4) is 0 Å². The number of benzene rings is 2. The van der Waals surface area contributed by atoms with Crippen LogP contribution in [0.25, 0.3) is 0 Å². The fraction of sp³-hybridized carbons (Fsp3) is 0.391. The van der Waals surface area contributed by atoms with Crippen LogP contribution in [0.1, 0.15) is 12.5 Å². The van der Waals surface area contributed by atoms with Gasteiger partial charge >= 0.3 is 0 Å². The average Bonchev–Trinajstić information content (AvgIpc) is 2.78. The van der Waals surface area contributed by atoms with Crippen molar-refractivity contribution in [3.63, 3.8) is 0 Å². The summed E-state index contributed by atoms with van der Waals surface area (Å²) in [6.45, 7) is 6.40. The molecule has 1 N–H and O–H groups in total. The molecule has 1 aliphatic heterocycles. The Bertz CT molecular complexity index is 821. The predicted octanol–water partition coefficient (Wildman–Crippen LogP) is 2.11. The number of anilines is 1. The Balaban J connectivity index is 1.42. The third kappa shape index (κ3) is 6.29. The lowest BCUT2D eigenvalue weighted by molar-refractivity contribution is -0.136. The van der Waals surface area contributed by atoms with Crippen LogP contribution in [-0.4, -0.2) is 67.4 Å². The number of carbonyl (C=O) groups excluding carboxylic acids is 2. The van der Waals surface area contributed by atoms with Crippen LogP contribution in [0.3, 0.4) is 0 Å². The van der Waals surface area contributed by atoms with Crippen molar-refractivity contribution >= 4 is 17.5 Å². The molecule has 30 heavy (non-hydrogen) atoms. The van der Waals surface area contributed by atoms with E-state index in [1.807, 2.05) is 25.1 Å². The summed E-state index contributed by atoms with van der Waals surface area (Å²) in [4.78, 5) is 31.0. The third-order valence-electron chi connectivity index (χ3n) is 5.32. The van der Waals surface area contributed by atoms with Gasteiger partial charge in [-0.15, -0.1) is 0 Å². The van der Waals surface area contributed by atoms with E-state index in [-0.39, 0.29) is 24.2 Å². The SMILES string of the molecule is CCN(CC(=O)NCc1ccc(F)cc1)C(=O)CN1CCN(c2ccccc2)CC1. The Morgan fingerprint density at radius 3 is 2.30 bits per heavy atom. The molecule has 2 aromatic rings. The predicted molar refractivity (Wildman–Crippen MR) is 116 cm³/mol. The molecule has 1 fully saturated rings. The summed E-state index contributed by atoms with van der Waals surface area (Å²) >= 11 is 0. The molecular formula is C23H29FN4O2. The Hall–Kier alpha value is -2.93. The van der Waals surface area contributed by atoms with Crippen LogP contribution in [0.2, 0.25) is 0 Å². The summed E-state index contributed by atoms with van der Waals surface area (Å²) in [6.07, 6.45) is 0. The quantitative estimate of drug-likeness (QED) is 0.722. The second-order valence-corrected chi connectivity index (χ2v) is 7.41. The molecule has 0 radical (unpaired) electrons. The second-order valence-electron chi connectivity index (χ2n) is 7.41. The summed E-state index contributed by atoms with van der Waals surface area (Å²) in [6, 6.07) is 16.3. The summed E-state index contributed by atoms with van der Waals surface area (Å²) < 4.78 is 13.0. The van der Waals surface area contributed by atoms with Crippen LogP contribution in [0, 0.1) is 5.82 Å². The highest BCUT2D eigenvalue weighted by atomic mass is 19.1. The molecule has 0 unspecified atom stereocenters. The number of piperazine rings is 1. The maximum Gasteiger partial charge on any atom is 0.239 e. The lowest BCUT2D eigenvalue weighted by Crippen LogP contribution is -2.51. The largest absolute Gasteiger partial charge is 0.369 e. The van der Waals surface area contributed by atoms with E-state index in [9.17, 15) is 14.0 Å². The molecular weight excluding hydrogens is 383 g/mol. The number of hydrogen-bond donors (Lipinski definition) is 1. The first-order valence-corrected chi connectivity index (χ1v) is 10.4. The molecule has 2 amide bonds. The highest BCUT2D eigenvalue weighted by Crippen LogP contribution is 2.15. The molecule has 1 aliphatic rings. The molecule has 1 heterocycles. The highest BCUT2D eigenvalue weighted by molar-refractivity contribution is 5.85. The van der Waals surface area contributed by atoms with E-state index in [1.165, 1.54) is 17.8 Å². The van der Waals surface area contributed by atoms with Gasteiger partial charge in [-0.2, -0.15) is 0 Å². The van der Waals surface area contributed by atoms with Crippen LogP contribution >= 0.6 is 0 Å². The number of para-hydroxylation sites is 1. The summed E-state index contributed by atoms with van der Waals surface area (Å²) in [5, 5.41) is 2.79. The first-order chi connectivity index (χ1) is 14.5. The minimum atomic E-state index is -0.308. The first-order valence-electron chi connectivity index (χ1n) is 10.4. The van der Waals surface area contributed by atoms with E-state index < -0.39 is 0 Å². The molecule has 0 saturated carbocycles. The molecule has 0 bridgehead atoms. The maximum atomic E-state index is 13.0. The van der Waals surface area contributed by atoms with Gasteiger partial charge in [0.2, 0.25) is 11.8 Å². The molecule has 6 nitrogen and oxygen atoms in total. The van der Waals surface area contributed by atoms with Gasteiger partial charge in [0.15, 0.2) is 0 Å². The number of carbonyl (C=O) groups is 2. The first kappa shape index (κ1) is 21.8. The Kier molecular flexibility index (Phi) is 7.79. The van der Waals surface area contributed by atoms with Crippen molar-refractivity contribution < 1.29 is 14.0 Å². The van der Waals surface area contributed by atoms with E-state index in [0.29, 0.717) is 19.6 Å². The number of rotatable bonds is 8. The van der Waals surface area contributed by atoms with Crippen LogP contribution in [0.5, 0.6) is 0 Å². The van der Waals surface area contributed by atoms with Gasteiger partial charge in [0.25, 0.3) is 0 Å². The molecule has 0 spiro atoms. The second kappa shape index (κ2) is 10.7. The molecule has 0 atom stereocenters. The number of amides is 2. The van der Waals surface area contributed by atoms with Gasteiger partial charge in [0, 0.05) is 45.0 Å².